The van der Waals surface area contributed by atoms with Crippen molar-refractivity contribution in [2.75, 3.05) is 19.6 Å². The van der Waals surface area contributed by atoms with E-state index in [4.69, 9.17) is 0 Å². The van der Waals surface area contributed by atoms with Gasteiger partial charge in [0.1, 0.15) is 0 Å². The van der Waals surface area contributed by atoms with Gasteiger partial charge in [0.25, 0.3) is 5.69 Å². The van der Waals surface area contributed by atoms with Gasteiger partial charge in [-0.3, -0.25) is 14.9 Å². The molecule has 0 unspecified atom stereocenters. The third kappa shape index (κ3) is 4.67. The molecule has 6 nitrogen and oxygen atoms in total. The predicted octanol–water partition coefficient (Wildman–Crippen LogP) is 3.09. The van der Waals surface area contributed by atoms with E-state index >= 15 is 0 Å². The third-order valence-corrected chi connectivity index (χ3v) is 4.72. The summed E-state index contributed by atoms with van der Waals surface area (Å²) in [5.41, 5.74) is 1.47. The highest BCUT2D eigenvalue weighted by Crippen LogP contribution is 2.20. The van der Waals surface area contributed by atoms with E-state index in [-0.39, 0.29) is 24.1 Å². The highest BCUT2D eigenvalue weighted by atomic mass is 16.6. The highest BCUT2D eigenvalue weighted by molar-refractivity contribution is 5.80. The molecule has 1 amide bonds. The van der Waals surface area contributed by atoms with Crippen LogP contribution in [0.4, 0.5) is 5.69 Å². The van der Waals surface area contributed by atoms with E-state index in [9.17, 15) is 14.9 Å². The van der Waals surface area contributed by atoms with Gasteiger partial charge in [0.15, 0.2) is 0 Å². The van der Waals surface area contributed by atoms with Gasteiger partial charge in [0.05, 0.1) is 17.4 Å². The molecule has 0 bridgehead atoms. The van der Waals surface area contributed by atoms with Crippen LogP contribution in [0.25, 0.3) is 0 Å². The maximum absolute atomic E-state index is 12.6. The van der Waals surface area contributed by atoms with E-state index in [0.29, 0.717) is 5.56 Å². The molecule has 3 rings (SSSR count). The van der Waals surface area contributed by atoms with Crippen molar-refractivity contribution in [3.63, 3.8) is 0 Å². The Balaban J connectivity index is 1.72. The molecule has 26 heavy (non-hydrogen) atoms. The lowest BCUT2D eigenvalue weighted by atomic mass is 10.0. The van der Waals surface area contributed by atoms with Crippen molar-refractivity contribution < 1.29 is 9.72 Å². The van der Waals surface area contributed by atoms with Crippen molar-refractivity contribution in [2.24, 2.45) is 0 Å². The number of benzene rings is 2. The SMILES string of the molecule is O=C(Cc1ccccc1[N+](=O)[O-])N[C@@H](CN1CCCC1)c1ccccc1. The third-order valence-electron chi connectivity index (χ3n) is 4.72. The zero-order chi connectivity index (χ0) is 18.4. The maximum atomic E-state index is 12.6. The van der Waals surface area contributed by atoms with Crippen LogP contribution in [0.1, 0.15) is 30.0 Å². The highest BCUT2D eigenvalue weighted by Gasteiger charge is 2.22. The van der Waals surface area contributed by atoms with Gasteiger partial charge in [-0.15, -0.1) is 0 Å². The predicted molar refractivity (Wildman–Crippen MR) is 99.8 cm³/mol. The van der Waals surface area contributed by atoms with Crippen molar-refractivity contribution in [1.29, 1.82) is 0 Å². The minimum atomic E-state index is -0.443. The first kappa shape index (κ1) is 18.1. The van der Waals surface area contributed by atoms with Crippen molar-refractivity contribution in [3.8, 4) is 0 Å². The largest absolute Gasteiger partial charge is 0.348 e. The number of nitrogens with zero attached hydrogens (tertiary/aromatic N) is 2. The molecule has 0 aliphatic carbocycles. The van der Waals surface area contributed by atoms with E-state index in [2.05, 4.69) is 10.2 Å². The lowest BCUT2D eigenvalue weighted by Gasteiger charge is -2.25. The van der Waals surface area contributed by atoms with Crippen LogP contribution in [-0.2, 0) is 11.2 Å². The van der Waals surface area contributed by atoms with Gasteiger partial charge in [0, 0.05) is 18.2 Å². The number of carbonyl (C=O) groups is 1. The minimum Gasteiger partial charge on any atom is -0.348 e. The number of amides is 1. The molecule has 1 aliphatic heterocycles. The second-order valence-electron chi connectivity index (χ2n) is 6.60. The first-order valence-corrected chi connectivity index (χ1v) is 8.92. The number of nitro groups is 1. The second-order valence-corrected chi connectivity index (χ2v) is 6.60. The van der Waals surface area contributed by atoms with E-state index in [0.717, 1.165) is 25.2 Å². The lowest BCUT2D eigenvalue weighted by Crippen LogP contribution is -2.37. The van der Waals surface area contributed by atoms with Crippen molar-refractivity contribution in [1.82, 2.24) is 10.2 Å². The van der Waals surface area contributed by atoms with Gasteiger partial charge in [-0.2, -0.15) is 0 Å². The second kappa shape index (κ2) is 8.58. The topological polar surface area (TPSA) is 75.5 Å². The molecule has 1 N–H and O–H groups in total. The van der Waals surface area contributed by atoms with Gasteiger partial charge in [-0.1, -0.05) is 48.5 Å². The zero-order valence-electron chi connectivity index (χ0n) is 14.6. The van der Waals surface area contributed by atoms with Crippen LogP contribution in [0.15, 0.2) is 54.6 Å². The number of nitro benzene ring substituents is 1. The molecule has 2 aromatic carbocycles. The van der Waals surface area contributed by atoms with Crippen LogP contribution < -0.4 is 5.32 Å². The quantitative estimate of drug-likeness (QED) is 0.613. The van der Waals surface area contributed by atoms with Gasteiger partial charge < -0.3 is 10.2 Å². The molecule has 0 saturated carbocycles. The smallest absolute Gasteiger partial charge is 0.273 e. The average Bonchev–Trinajstić information content (AvgIpc) is 3.15. The van der Waals surface area contributed by atoms with Crippen molar-refractivity contribution in [2.45, 2.75) is 25.3 Å². The van der Waals surface area contributed by atoms with Gasteiger partial charge in [-0.05, 0) is 31.5 Å². The standard InChI is InChI=1S/C20H23N3O3/c24-20(14-17-10-4-5-11-19(17)23(25)26)21-18(15-22-12-6-7-13-22)16-8-2-1-3-9-16/h1-5,8-11,18H,6-7,12-15H2,(H,21,24)/t18-/m0/s1. The number of hydrogen-bond donors (Lipinski definition) is 1. The molecule has 0 aromatic heterocycles. The fourth-order valence-corrected chi connectivity index (χ4v) is 3.40. The Kier molecular flexibility index (Phi) is 5.96. The number of hydrogen-bond acceptors (Lipinski definition) is 4. The van der Waals surface area contributed by atoms with Gasteiger partial charge in [-0.25, -0.2) is 0 Å². The Morgan fingerprint density at radius 1 is 1.08 bits per heavy atom. The molecule has 1 saturated heterocycles. The van der Waals surface area contributed by atoms with Crippen LogP contribution in [0, 0.1) is 10.1 Å². The molecule has 2 aromatic rings. The molecule has 1 atom stereocenters. The number of carbonyl (C=O) groups excluding carboxylic acids is 1. The first-order valence-electron chi connectivity index (χ1n) is 8.92. The molecule has 1 fully saturated rings. The summed E-state index contributed by atoms with van der Waals surface area (Å²) in [4.78, 5) is 25.6. The zero-order valence-corrected chi connectivity index (χ0v) is 14.6. The summed E-state index contributed by atoms with van der Waals surface area (Å²) in [6.07, 6.45) is 2.37. The van der Waals surface area contributed by atoms with Gasteiger partial charge >= 0.3 is 0 Å². The van der Waals surface area contributed by atoms with Crippen molar-refractivity contribution in [3.05, 3.63) is 75.8 Å². The van der Waals surface area contributed by atoms with Gasteiger partial charge in [0.2, 0.25) is 5.91 Å². The lowest BCUT2D eigenvalue weighted by molar-refractivity contribution is -0.385. The summed E-state index contributed by atoms with van der Waals surface area (Å²) in [7, 11) is 0. The van der Waals surface area contributed by atoms with Crippen LogP contribution >= 0.6 is 0 Å². The Labute approximate surface area is 153 Å². The number of rotatable bonds is 7. The molecule has 0 radical (unpaired) electrons. The molecular formula is C20H23N3O3. The number of likely N-dealkylation sites (tertiary alicyclic amines) is 1. The molecule has 0 spiro atoms. The number of nitrogens with one attached hydrogen (secondary N) is 1. The van der Waals surface area contributed by atoms with Crippen molar-refractivity contribution >= 4 is 11.6 Å². The summed E-state index contributed by atoms with van der Waals surface area (Å²) in [5.74, 6) is -0.202. The summed E-state index contributed by atoms with van der Waals surface area (Å²) in [6.45, 7) is 2.85. The van der Waals surface area contributed by atoms with E-state index in [1.54, 1.807) is 18.2 Å². The van der Waals surface area contributed by atoms with Crippen LogP contribution in [0.3, 0.4) is 0 Å². The average molecular weight is 353 g/mol. The summed E-state index contributed by atoms with van der Waals surface area (Å²) < 4.78 is 0. The normalized spacial score (nSPS) is 15.5. The fourth-order valence-electron chi connectivity index (χ4n) is 3.40. The first-order chi connectivity index (χ1) is 12.6. The van der Waals surface area contributed by atoms with Crippen LogP contribution in [0.5, 0.6) is 0 Å². The Morgan fingerprint density at radius 2 is 1.73 bits per heavy atom. The molecule has 136 valence electrons. The molecule has 1 heterocycles. The van der Waals surface area contributed by atoms with E-state index < -0.39 is 4.92 Å². The maximum Gasteiger partial charge on any atom is 0.273 e. The summed E-state index contributed by atoms with van der Waals surface area (Å²) >= 11 is 0. The van der Waals surface area contributed by atoms with Crippen LogP contribution in [0.2, 0.25) is 0 Å². The Hall–Kier alpha value is -2.73. The Bertz CT molecular complexity index is 758. The fraction of sp³-hybridized carbons (Fsp3) is 0.350. The minimum absolute atomic E-state index is 0.000483. The molecule has 1 aliphatic rings. The molecule has 6 heteroatoms. The monoisotopic (exact) mass is 353 g/mol. The molecular weight excluding hydrogens is 330 g/mol. The summed E-state index contributed by atoms with van der Waals surface area (Å²) in [5, 5.41) is 14.2. The van der Waals surface area contributed by atoms with Crippen LogP contribution in [-0.4, -0.2) is 35.4 Å². The summed E-state index contributed by atoms with van der Waals surface area (Å²) in [6, 6.07) is 16.2. The number of para-hydroxylation sites is 1. The Morgan fingerprint density at radius 3 is 2.42 bits per heavy atom. The van der Waals surface area contributed by atoms with E-state index in [1.807, 2.05) is 30.3 Å². The van der Waals surface area contributed by atoms with E-state index in [1.165, 1.54) is 18.9 Å².